The van der Waals surface area contributed by atoms with E-state index in [1.165, 1.54) is 34.3 Å². The zero-order valence-corrected chi connectivity index (χ0v) is 20.4. The molecule has 0 atom stereocenters. The molecule has 0 radical (unpaired) electrons. The van der Waals surface area contributed by atoms with Gasteiger partial charge in [0, 0.05) is 46.5 Å². The first kappa shape index (κ1) is 23.7. The molecule has 1 N–H and O–H groups in total. The minimum absolute atomic E-state index is 0.0275. The minimum atomic E-state index is -0.323. The molecule has 34 heavy (non-hydrogen) atoms. The fraction of sp³-hybridized carbons (Fsp3) is 0.276. The van der Waals surface area contributed by atoms with E-state index >= 15 is 0 Å². The van der Waals surface area contributed by atoms with Gasteiger partial charge < -0.3 is 14.8 Å². The quantitative estimate of drug-likeness (QED) is 0.291. The number of anilines is 2. The standard InChI is InChI=1S/C29H32FN3O/c1-20-21(2)33(16-6-15-32(3)4)28-14-13-26(19-27(20)28)31-25-11-9-23(10-12-25)29(34)18-22-7-5-8-24(30)17-22/h5,7-14,17,19,31H,6,15-16,18H2,1-4H3. The molecule has 0 fully saturated rings. The van der Waals surface area contributed by atoms with Crippen molar-refractivity contribution >= 4 is 28.1 Å². The highest BCUT2D eigenvalue weighted by Gasteiger charge is 2.12. The number of halogens is 1. The summed E-state index contributed by atoms with van der Waals surface area (Å²) in [5.74, 6) is -0.351. The number of carbonyl (C=O) groups is 1. The first-order valence-corrected chi connectivity index (χ1v) is 11.7. The van der Waals surface area contributed by atoms with Crippen LogP contribution in [0, 0.1) is 19.7 Å². The van der Waals surface area contributed by atoms with Crippen LogP contribution in [0.1, 0.15) is 33.6 Å². The molecule has 0 aliphatic heterocycles. The van der Waals surface area contributed by atoms with Crippen LogP contribution >= 0.6 is 0 Å². The highest BCUT2D eigenvalue weighted by molar-refractivity contribution is 5.98. The van der Waals surface area contributed by atoms with Crippen LogP contribution in [0.15, 0.2) is 66.7 Å². The second kappa shape index (κ2) is 10.2. The predicted octanol–water partition coefficient (Wildman–Crippen LogP) is 6.52. The van der Waals surface area contributed by atoms with Crippen molar-refractivity contribution in [1.82, 2.24) is 9.47 Å². The Morgan fingerprint density at radius 1 is 0.971 bits per heavy atom. The van der Waals surface area contributed by atoms with Crippen LogP contribution in [0.4, 0.5) is 15.8 Å². The average Bonchev–Trinajstić information content (AvgIpc) is 3.04. The van der Waals surface area contributed by atoms with Crippen LogP contribution in [0.25, 0.3) is 10.9 Å². The van der Waals surface area contributed by atoms with Crippen LogP contribution in [0.3, 0.4) is 0 Å². The van der Waals surface area contributed by atoms with Gasteiger partial charge in [0.15, 0.2) is 5.78 Å². The van der Waals surface area contributed by atoms with Crippen molar-refractivity contribution in [3.63, 3.8) is 0 Å². The van der Waals surface area contributed by atoms with Gasteiger partial charge in [-0.3, -0.25) is 4.79 Å². The lowest BCUT2D eigenvalue weighted by molar-refractivity contribution is 0.0993. The number of nitrogens with one attached hydrogen (secondary N) is 1. The molecule has 0 saturated carbocycles. The van der Waals surface area contributed by atoms with Crippen molar-refractivity contribution in [1.29, 1.82) is 0 Å². The number of fused-ring (bicyclic) bond motifs is 1. The van der Waals surface area contributed by atoms with Gasteiger partial charge in [-0.25, -0.2) is 4.39 Å². The van der Waals surface area contributed by atoms with E-state index in [0.717, 1.165) is 30.9 Å². The molecule has 4 rings (SSSR count). The summed E-state index contributed by atoms with van der Waals surface area (Å²) in [6.07, 6.45) is 1.30. The number of carbonyl (C=O) groups excluding carboxylic acids is 1. The Morgan fingerprint density at radius 2 is 1.71 bits per heavy atom. The maximum Gasteiger partial charge on any atom is 0.167 e. The summed E-state index contributed by atoms with van der Waals surface area (Å²) in [6.45, 7) is 6.45. The van der Waals surface area contributed by atoms with Crippen molar-refractivity contribution < 1.29 is 9.18 Å². The Balaban J connectivity index is 1.47. The summed E-state index contributed by atoms with van der Waals surface area (Å²) in [5, 5.41) is 4.72. The largest absolute Gasteiger partial charge is 0.356 e. The van der Waals surface area contributed by atoms with E-state index in [9.17, 15) is 9.18 Å². The Hall–Kier alpha value is -3.44. The van der Waals surface area contributed by atoms with Gasteiger partial charge in [0.1, 0.15) is 5.82 Å². The summed E-state index contributed by atoms with van der Waals surface area (Å²) < 4.78 is 15.8. The van der Waals surface area contributed by atoms with E-state index < -0.39 is 0 Å². The molecule has 0 aliphatic rings. The average molecular weight is 458 g/mol. The number of aryl methyl sites for hydroxylation is 2. The molecule has 0 bridgehead atoms. The highest BCUT2D eigenvalue weighted by atomic mass is 19.1. The van der Waals surface area contributed by atoms with Crippen LogP contribution in [0.5, 0.6) is 0 Å². The summed E-state index contributed by atoms with van der Waals surface area (Å²) in [6, 6.07) is 20.1. The summed E-state index contributed by atoms with van der Waals surface area (Å²) in [4.78, 5) is 14.8. The second-order valence-corrected chi connectivity index (χ2v) is 9.18. The van der Waals surface area contributed by atoms with Crippen molar-refractivity contribution in [2.75, 3.05) is 26.0 Å². The molecule has 4 aromatic rings. The highest BCUT2D eigenvalue weighted by Crippen LogP contribution is 2.29. The summed E-state index contributed by atoms with van der Waals surface area (Å²) >= 11 is 0. The maximum absolute atomic E-state index is 13.4. The molecular weight excluding hydrogens is 425 g/mol. The lowest BCUT2D eigenvalue weighted by Crippen LogP contribution is -2.15. The van der Waals surface area contributed by atoms with Crippen molar-refractivity contribution in [3.05, 3.63) is 94.9 Å². The van der Waals surface area contributed by atoms with Gasteiger partial charge in [0.05, 0.1) is 0 Å². The number of aromatic nitrogens is 1. The van der Waals surface area contributed by atoms with Crippen LogP contribution in [0.2, 0.25) is 0 Å². The molecule has 3 aromatic carbocycles. The molecule has 0 unspecified atom stereocenters. The molecule has 0 saturated heterocycles. The number of hydrogen-bond donors (Lipinski definition) is 1. The van der Waals surface area contributed by atoms with Gasteiger partial charge in [0.2, 0.25) is 0 Å². The molecule has 0 spiro atoms. The molecule has 176 valence electrons. The number of benzene rings is 3. The van der Waals surface area contributed by atoms with Crippen molar-refractivity contribution in [2.45, 2.75) is 33.2 Å². The van der Waals surface area contributed by atoms with Crippen molar-refractivity contribution in [3.8, 4) is 0 Å². The number of rotatable bonds is 9. The fourth-order valence-corrected chi connectivity index (χ4v) is 4.40. The normalized spacial score (nSPS) is 11.4. The number of nitrogens with zero attached hydrogens (tertiary/aromatic N) is 2. The van der Waals surface area contributed by atoms with Crippen LogP contribution < -0.4 is 5.32 Å². The number of hydrogen-bond acceptors (Lipinski definition) is 3. The molecule has 5 heteroatoms. The predicted molar refractivity (Wildman–Crippen MR) is 139 cm³/mol. The third kappa shape index (κ3) is 5.37. The van der Waals surface area contributed by atoms with E-state index in [0.29, 0.717) is 11.1 Å². The van der Waals surface area contributed by atoms with E-state index in [4.69, 9.17) is 0 Å². The van der Waals surface area contributed by atoms with Gasteiger partial charge in [-0.05, 0) is 107 Å². The Kier molecular flexibility index (Phi) is 7.13. The first-order valence-electron chi connectivity index (χ1n) is 11.7. The van der Waals surface area contributed by atoms with E-state index in [1.54, 1.807) is 12.1 Å². The van der Waals surface area contributed by atoms with E-state index in [-0.39, 0.29) is 18.0 Å². The lowest BCUT2D eigenvalue weighted by atomic mass is 10.0. The van der Waals surface area contributed by atoms with Crippen molar-refractivity contribution in [2.24, 2.45) is 0 Å². The molecular formula is C29H32FN3O. The van der Waals surface area contributed by atoms with E-state index in [1.807, 2.05) is 24.3 Å². The molecule has 0 aliphatic carbocycles. The number of ketones is 1. The molecule has 1 heterocycles. The Morgan fingerprint density at radius 3 is 2.41 bits per heavy atom. The fourth-order valence-electron chi connectivity index (χ4n) is 4.40. The number of Topliss-reactive ketones (excluding diaryl/α,β-unsaturated/α-hetero) is 1. The zero-order valence-electron chi connectivity index (χ0n) is 20.4. The van der Waals surface area contributed by atoms with Gasteiger partial charge in [-0.15, -0.1) is 0 Å². The SMILES string of the molecule is Cc1c(C)n(CCCN(C)C)c2ccc(Nc3ccc(C(=O)Cc4cccc(F)c4)cc3)cc12. The Labute approximate surface area is 201 Å². The lowest BCUT2D eigenvalue weighted by Gasteiger charge is -2.12. The van der Waals surface area contributed by atoms with Crippen LogP contribution in [-0.2, 0) is 13.0 Å². The molecule has 1 aromatic heterocycles. The zero-order chi connectivity index (χ0) is 24.2. The molecule has 4 nitrogen and oxygen atoms in total. The van der Waals surface area contributed by atoms with Gasteiger partial charge in [-0.1, -0.05) is 12.1 Å². The Bertz CT molecular complexity index is 1310. The summed E-state index contributed by atoms with van der Waals surface area (Å²) in [7, 11) is 4.22. The summed E-state index contributed by atoms with van der Waals surface area (Å²) in [5.41, 5.74) is 7.11. The second-order valence-electron chi connectivity index (χ2n) is 9.18. The third-order valence-electron chi connectivity index (χ3n) is 6.38. The molecule has 0 amide bonds. The third-order valence-corrected chi connectivity index (χ3v) is 6.38. The van der Waals surface area contributed by atoms with E-state index in [2.05, 4.69) is 60.9 Å². The van der Waals surface area contributed by atoms with Gasteiger partial charge in [0.25, 0.3) is 0 Å². The van der Waals surface area contributed by atoms with Gasteiger partial charge >= 0.3 is 0 Å². The van der Waals surface area contributed by atoms with Gasteiger partial charge in [-0.2, -0.15) is 0 Å². The maximum atomic E-state index is 13.4. The minimum Gasteiger partial charge on any atom is -0.356 e. The first-order chi connectivity index (χ1) is 16.3. The van der Waals surface area contributed by atoms with Crippen LogP contribution in [-0.4, -0.2) is 35.9 Å². The monoisotopic (exact) mass is 457 g/mol. The topological polar surface area (TPSA) is 37.3 Å². The smallest absolute Gasteiger partial charge is 0.167 e.